The topological polar surface area (TPSA) is 95.2 Å². The summed E-state index contributed by atoms with van der Waals surface area (Å²) in [6, 6.07) is 0.0341. The van der Waals surface area contributed by atoms with Crippen molar-refractivity contribution in [3.05, 3.63) is 0 Å². The van der Waals surface area contributed by atoms with Crippen LogP contribution in [0.15, 0.2) is 0 Å². The van der Waals surface area contributed by atoms with Gasteiger partial charge in [-0.3, -0.25) is 10.1 Å². The van der Waals surface area contributed by atoms with Gasteiger partial charge in [0.2, 0.25) is 5.91 Å². The summed E-state index contributed by atoms with van der Waals surface area (Å²) in [7, 11) is 0. The highest BCUT2D eigenvalue weighted by molar-refractivity contribution is 6.03. The minimum absolute atomic E-state index is 0.00722. The van der Waals surface area contributed by atoms with Crippen LogP contribution in [0.5, 0.6) is 0 Å². The maximum Gasteiger partial charge on any atom is 0.302 e. The van der Waals surface area contributed by atoms with Gasteiger partial charge >= 0.3 is 6.21 Å². The first-order valence-electron chi connectivity index (χ1n) is 9.07. The molecule has 0 radical (unpaired) electrons. The summed E-state index contributed by atoms with van der Waals surface area (Å²) in [4.78, 5) is 11.8. The maximum absolute atomic E-state index is 14.1. The van der Waals surface area contributed by atoms with Crippen LogP contribution in [0.1, 0.15) is 66.2 Å². The van der Waals surface area contributed by atoms with E-state index in [1.165, 1.54) is 6.21 Å². The average molecular weight is 341 g/mol. The van der Waals surface area contributed by atoms with Crippen molar-refractivity contribution in [1.82, 2.24) is 9.98 Å². The zero-order valence-corrected chi connectivity index (χ0v) is 15.5. The second-order valence-electron chi connectivity index (χ2n) is 7.29. The Hall–Kier alpha value is -1.23. The minimum atomic E-state index is -1.13. The molecule has 5 nitrogen and oxygen atoms in total. The number of hydrogen-bond acceptors (Lipinski definition) is 3. The SMILES string of the molecule is CCCC(C)(CCC)C1CCC(F)C=[N+]=C(C)C(C(N)=O)C(N)N1. The molecule has 1 aliphatic heterocycles. The molecule has 0 aliphatic carbocycles. The first kappa shape index (κ1) is 20.8. The fourth-order valence-corrected chi connectivity index (χ4v) is 3.90. The molecule has 138 valence electrons. The fourth-order valence-electron chi connectivity index (χ4n) is 3.90. The summed E-state index contributed by atoms with van der Waals surface area (Å²) in [6.45, 7) is 8.22. The van der Waals surface area contributed by atoms with E-state index >= 15 is 0 Å². The van der Waals surface area contributed by atoms with Gasteiger partial charge in [-0.25, -0.2) is 4.39 Å². The molecule has 4 atom stereocenters. The predicted octanol–water partition coefficient (Wildman–Crippen LogP) is 1.67. The van der Waals surface area contributed by atoms with E-state index in [0.717, 1.165) is 25.7 Å². The van der Waals surface area contributed by atoms with Crippen molar-refractivity contribution in [2.75, 3.05) is 0 Å². The lowest BCUT2D eigenvalue weighted by atomic mass is 9.72. The molecular weight excluding hydrogens is 307 g/mol. The molecule has 0 aromatic carbocycles. The summed E-state index contributed by atoms with van der Waals surface area (Å²) >= 11 is 0. The van der Waals surface area contributed by atoms with Crippen molar-refractivity contribution in [3.8, 4) is 0 Å². The van der Waals surface area contributed by atoms with E-state index in [2.05, 4.69) is 30.8 Å². The van der Waals surface area contributed by atoms with Crippen molar-refractivity contribution in [3.63, 3.8) is 0 Å². The van der Waals surface area contributed by atoms with Gasteiger partial charge in [-0.15, -0.1) is 4.67 Å². The van der Waals surface area contributed by atoms with E-state index in [1.807, 2.05) is 0 Å². The van der Waals surface area contributed by atoms with E-state index in [4.69, 9.17) is 11.5 Å². The Morgan fingerprint density at radius 2 is 1.96 bits per heavy atom. The number of nitrogens with one attached hydrogen (secondary N) is 1. The molecular formula is C18H34FN4O+. The van der Waals surface area contributed by atoms with Crippen LogP contribution in [-0.2, 0) is 4.79 Å². The van der Waals surface area contributed by atoms with E-state index in [9.17, 15) is 9.18 Å². The molecule has 0 aromatic heterocycles. The lowest BCUT2D eigenvalue weighted by molar-refractivity contribution is -0.120. The largest absolute Gasteiger partial charge is 0.369 e. The van der Waals surface area contributed by atoms with Gasteiger partial charge in [-0.2, -0.15) is 0 Å². The zero-order valence-electron chi connectivity index (χ0n) is 15.5. The highest BCUT2D eigenvalue weighted by Gasteiger charge is 2.39. The second kappa shape index (κ2) is 9.30. The van der Waals surface area contributed by atoms with E-state index in [-0.39, 0.29) is 11.5 Å². The van der Waals surface area contributed by atoms with Crippen LogP contribution in [-0.4, -0.2) is 36.2 Å². The Morgan fingerprint density at radius 1 is 1.38 bits per heavy atom. The summed E-state index contributed by atoms with van der Waals surface area (Å²) in [6.07, 6.45) is 4.74. The number of nitrogens with two attached hydrogens (primary N) is 2. The number of carbonyl (C=O) groups is 1. The molecule has 0 spiro atoms. The third-order valence-corrected chi connectivity index (χ3v) is 5.16. The van der Waals surface area contributed by atoms with Crippen molar-refractivity contribution < 1.29 is 9.18 Å². The maximum atomic E-state index is 14.1. The molecule has 6 heteroatoms. The molecule has 1 heterocycles. The lowest BCUT2D eigenvalue weighted by Crippen LogP contribution is -2.58. The molecule has 0 aromatic rings. The van der Waals surface area contributed by atoms with Crippen LogP contribution in [0.4, 0.5) is 4.39 Å². The van der Waals surface area contributed by atoms with Crippen molar-refractivity contribution in [2.45, 2.75) is 84.6 Å². The first-order chi connectivity index (χ1) is 11.2. The Balaban J connectivity index is 3.19. The van der Waals surface area contributed by atoms with Gasteiger partial charge in [0.05, 0.1) is 6.17 Å². The molecule has 0 saturated heterocycles. The molecule has 0 saturated carbocycles. The first-order valence-corrected chi connectivity index (χ1v) is 9.07. The van der Waals surface area contributed by atoms with Crippen LogP contribution in [0, 0.1) is 11.3 Å². The van der Waals surface area contributed by atoms with Gasteiger partial charge < -0.3 is 11.5 Å². The number of hydrogen-bond donors (Lipinski definition) is 3. The Kier molecular flexibility index (Phi) is 8.07. The van der Waals surface area contributed by atoms with Crippen LogP contribution >= 0.6 is 0 Å². The Morgan fingerprint density at radius 3 is 2.46 bits per heavy atom. The van der Waals surface area contributed by atoms with Crippen molar-refractivity contribution in [2.24, 2.45) is 22.8 Å². The normalized spacial score (nSPS) is 29.2. The average Bonchev–Trinajstić information content (AvgIpc) is 2.48. The number of rotatable bonds is 6. The van der Waals surface area contributed by atoms with Gasteiger partial charge in [-0.1, -0.05) is 33.6 Å². The number of primary amides is 1. The second-order valence-corrected chi connectivity index (χ2v) is 7.29. The van der Waals surface area contributed by atoms with Gasteiger partial charge in [0, 0.05) is 13.0 Å². The van der Waals surface area contributed by atoms with Crippen LogP contribution in [0.25, 0.3) is 0 Å². The molecule has 4 unspecified atom stereocenters. The number of amides is 1. The third kappa shape index (κ3) is 5.40. The number of carbonyl (C=O) groups excluding carboxylic acids is 1. The number of alkyl halides is 1. The van der Waals surface area contributed by atoms with E-state index in [1.54, 1.807) is 6.92 Å². The molecule has 0 bridgehead atoms. The predicted molar refractivity (Wildman–Crippen MR) is 98.5 cm³/mol. The number of nitrogens with zero attached hydrogens (tertiary/aromatic N) is 1. The van der Waals surface area contributed by atoms with E-state index < -0.39 is 24.2 Å². The standard InChI is InChI=1S/C18H33FN4O/c1-5-9-18(4,10-6-2)14-8-7-13(19)11-22-12(3)15(17(21)24)16(20)23-14/h11,13-16,23H,5-10,20H2,1-4H3,(H-,21,24)/p+1. The third-order valence-electron chi connectivity index (χ3n) is 5.16. The Bertz CT molecular complexity index is 481. The molecule has 1 aliphatic rings. The molecule has 24 heavy (non-hydrogen) atoms. The lowest BCUT2D eigenvalue weighted by Gasteiger charge is -2.41. The highest BCUT2D eigenvalue weighted by Crippen LogP contribution is 2.36. The Labute approximate surface area is 145 Å². The van der Waals surface area contributed by atoms with Gasteiger partial charge in [-0.05, 0) is 31.1 Å². The van der Waals surface area contributed by atoms with Crippen LogP contribution in [0.3, 0.4) is 0 Å². The van der Waals surface area contributed by atoms with Gasteiger partial charge in [0.1, 0.15) is 0 Å². The number of halogens is 1. The van der Waals surface area contributed by atoms with E-state index in [0.29, 0.717) is 18.6 Å². The van der Waals surface area contributed by atoms with Crippen molar-refractivity contribution >= 4 is 17.8 Å². The molecule has 1 amide bonds. The quantitative estimate of drug-likeness (QED) is 0.641. The minimum Gasteiger partial charge on any atom is -0.369 e. The zero-order chi connectivity index (χ0) is 18.3. The summed E-state index contributed by atoms with van der Waals surface area (Å²) in [5, 5.41) is 3.39. The monoisotopic (exact) mass is 341 g/mol. The van der Waals surface area contributed by atoms with Crippen LogP contribution in [0.2, 0.25) is 0 Å². The highest BCUT2D eigenvalue weighted by atomic mass is 19.1. The van der Waals surface area contributed by atoms with Crippen molar-refractivity contribution in [1.29, 1.82) is 0 Å². The molecule has 5 N–H and O–H groups in total. The summed E-state index contributed by atoms with van der Waals surface area (Å²) in [5.74, 6) is -1.27. The molecule has 0 fully saturated rings. The van der Waals surface area contributed by atoms with Crippen LogP contribution < -0.4 is 21.5 Å². The summed E-state index contributed by atoms with van der Waals surface area (Å²) < 4.78 is 18.2. The summed E-state index contributed by atoms with van der Waals surface area (Å²) in [5.41, 5.74) is 12.3. The van der Waals surface area contributed by atoms with Gasteiger partial charge in [0.15, 0.2) is 12.1 Å². The van der Waals surface area contributed by atoms with Gasteiger partial charge in [0.25, 0.3) is 5.71 Å². The fraction of sp³-hybridized carbons (Fsp3) is 0.833. The smallest absolute Gasteiger partial charge is 0.302 e. The molecule has 1 rings (SSSR count).